The normalized spacial score (nSPS) is 14.7. The number of nitrogens with one attached hydrogen (secondary N) is 1. The van der Waals surface area contributed by atoms with Gasteiger partial charge < -0.3 is 16.0 Å². The molecule has 0 aliphatic carbocycles. The summed E-state index contributed by atoms with van der Waals surface area (Å²) in [4.78, 5) is 26.7. The number of amides is 2. The third kappa shape index (κ3) is 5.50. The van der Waals surface area contributed by atoms with Crippen molar-refractivity contribution in [3.63, 3.8) is 0 Å². The summed E-state index contributed by atoms with van der Waals surface area (Å²) in [5, 5.41) is 3.57. The van der Waals surface area contributed by atoms with E-state index in [2.05, 4.69) is 5.32 Å². The third-order valence-corrected chi connectivity index (χ3v) is 5.27. The Morgan fingerprint density at radius 1 is 1.17 bits per heavy atom. The Labute approximate surface area is 183 Å². The lowest BCUT2D eigenvalue weighted by molar-refractivity contribution is -0.120. The highest BCUT2D eigenvalue weighted by atomic mass is 35.5. The van der Waals surface area contributed by atoms with Crippen LogP contribution in [-0.2, 0) is 22.6 Å². The van der Waals surface area contributed by atoms with Crippen molar-refractivity contribution < 1.29 is 9.59 Å². The van der Waals surface area contributed by atoms with Gasteiger partial charge in [-0.05, 0) is 53.3 Å². The topological polar surface area (TPSA) is 75.4 Å². The molecule has 5 nitrogen and oxygen atoms in total. The van der Waals surface area contributed by atoms with Crippen molar-refractivity contribution in [1.29, 1.82) is 0 Å². The van der Waals surface area contributed by atoms with Crippen LogP contribution in [0.25, 0.3) is 0 Å². The molecule has 0 radical (unpaired) electrons. The summed E-state index contributed by atoms with van der Waals surface area (Å²) in [6.45, 7) is 6.29. The Morgan fingerprint density at radius 2 is 1.83 bits per heavy atom. The predicted octanol–water partition coefficient (Wildman–Crippen LogP) is 4.55. The fourth-order valence-electron chi connectivity index (χ4n) is 3.20. The first-order chi connectivity index (χ1) is 13.1. The zero-order valence-corrected chi connectivity index (χ0v) is 18.4. The second-order valence-electron chi connectivity index (χ2n) is 8.28. The first-order valence-electron chi connectivity index (χ1n) is 9.39. The van der Waals surface area contributed by atoms with Crippen LogP contribution in [0.4, 0.5) is 11.4 Å². The summed E-state index contributed by atoms with van der Waals surface area (Å²) in [5.74, 6) is -0.119. The smallest absolute Gasteiger partial charge is 0.241 e. The maximum absolute atomic E-state index is 12.5. The molecule has 1 atom stereocenters. The largest absolute Gasteiger partial charge is 0.325 e. The number of aryl methyl sites for hydroxylation is 1. The Kier molecular flexibility index (Phi) is 7.33. The van der Waals surface area contributed by atoms with Gasteiger partial charge in [-0.2, -0.15) is 0 Å². The van der Waals surface area contributed by atoms with Crippen LogP contribution in [0.1, 0.15) is 38.3 Å². The Hall–Kier alpha value is -2.08. The summed E-state index contributed by atoms with van der Waals surface area (Å²) in [5.41, 5.74) is 9.35. The molecule has 2 aromatic rings. The number of carbonyl (C=O) groups excluding carboxylic acids is 2. The summed E-state index contributed by atoms with van der Waals surface area (Å²) in [6.07, 6.45) is 1.10. The fraction of sp³-hybridized carbons (Fsp3) is 0.364. The summed E-state index contributed by atoms with van der Waals surface area (Å²) < 4.78 is 0. The number of hydrogen-bond donors (Lipinski definition) is 2. The Morgan fingerprint density at radius 3 is 2.45 bits per heavy atom. The minimum absolute atomic E-state index is 0. The van der Waals surface area contributed by atoms with E-state index in [9.17, 15) is 9.59 Å². The molecule has 29 heavy (non-hydrogen) atoms. The molecule has 0 saturated carbocycles. The van der Waals surface area contributed by atoms with E-state index in [1.54, 1.807) is 4.90 Å². The van der Waals surface area contributed by atoms with E-state index in [0.29, 0.717) is 30.1 Å². The van der Waals surface area contributed by atoms with Crippen molar-refractivity contribution in [1.82, 2.24) is 0 Å². The molecule has 1 aliphatic rings. The van der Waals surface area contributed by atoms with Gasteiger partial charge in [0.15, 0.2) is 0 Å². The van der Waals surface area contributed by atoms with Crippen molar-refractivity contribution in [3.8, 4) is 0 Å². The quantitative estimate of drug-likeness (QED) is 0.738. The van der Waals surface area contributed by atoms with Crippen molar-refractivity contribution in [2.45, 2.75) is 46.2 Å². The number of rotatable bonds is 4. The molecule has 0 spiro atoms. The van der Waals surface area contributed by atoms with Gasteiger partial charge in [0, 0.05) is 22.8 Å². The predicted molar refractivity (Wildman–Crippen MR) is 121 cm³/mol. The first-order valence-corrected chi connectivity index (χ1v) is 9.77. The monoisotopic (exact) mass is 435 g/mol. The molecule has 1 heterocycles. The summed E-state index contributed by atoms with van der Waals surface area (Å²) in [6, 6.07) is 12.5. The number of carbonyl (C=O) groups is 2. The van der Waals surface area contributed by atoms with Crippen LogP contribution >= 0.6 is 24.0 Å². The van der Waals surface area contributed by atoms with E-state index in [4.69, 9.17) is 17.3 Å². The van der Waals surface area contributed by atoms with E-state index < -0.39 is 6.04 Å². The van der Waals surface area contributed by atoms with Crippen molar-refractivity contribution >= 4 is 47.2 Å². The molecule has 0 bridgehead atoms. The van der Waals surface area contributed by atoms with E-state index in [1.165, 1.54) is 0 Å². The van der Waals surface area contributed by atoms with Gasteiger partial charge in [0.05, 0.1) is 12.6 Å². The van der Waals surface area contributed by atoms with E-state index >= 15 is 0 Å². The molecule has 0 aromatic heterocycles. The van der Waals surface area contributed by atoms with Gasteiger partial charge in [-0.25, -0.2) is 0 Å². The zero-order chi connectivity index (χ0) is 20.5. The Bertz CT molecular complexity index is 892. The third-order valence-electron chi connectivity index (χ3n) is 5.02. The maximum Gasteiger partial charge on any atom is 0.241 e. The highest BCUT2D eigenvalue weighted by molar-refractivity contribution is 6.30. The lowest BCUT2D eigenvalue weighted by Crippen LogP contribution is -2.45. The lowest BCUT2D eigenvalue weighted by Gasteiger charge is -2.30. The molecule has 7 heteroatoms. The molecule has 0 saturated heterocycles. The highest BCUT2D eigenvalue weighted by Crippen LogP contribution is 2.32. The standard InChI is InChI=1S/C22H26ClN3O2.ClH/c1-22(2,3)20(24)21(28)25-17-9-10-18-15(12-17)6-11-19(27)26(18)13-14-4-7-16(23)8-5-14;/h4-5,7-10,12,20H,6,11,13,24H2,1-3H3,(H,25,28);1H/t20-;/m1./s1. The van der Waals surface area contributed by atoms with E-state index in [1.807, 2.05) is 63.2 Å². The second kappa shape index (κ2) is 9.16. The van der Waals surface area contributed by atoms with Gasteiger partial charge in [0.25, 0.3) is 0 Å². The van der Waals surface area contributed by atoms with Crippen molar-refractivity contribution in [3.05, 3.63) is 58.6 Å². The van der Waals surface area contributed by atoms with Crippen LogP contribution in [-0.4, -0.2) is 17.9 Å². The minimum Gasteiger partial charge on any atom is -0.325 e. The Balaban J connectivity index is 0.00000300. The van der Waals surface area contributed by atoms with Gasteiger partial charge >= 0.3 is 0 Å². The number of anilines is 2. The van der Waals surface area contributed by atoms with Gasteiger partial charge in [0.1, 0.15) is 0 Å². The number of hydrogen-bond acceptors (Lipinski definition) is 3. The molecular weight excluding hydrogens is 409 g/mol. The molecule has 3 rings (SSSR count). The maximum atomic E-state index is 12.5. The highest BCUT2D eigenvalue weighted by Gasteiger charge is 2.28. The molecule has 2 amide bonds. The van der Waals surface area contributed by atoms with Crippen LogP contribution in [0.2, 0.25) is 5.02 Å². The molecule has 0 unspecified atom stereocenters. The first kappa shape index (κ1) is 23.2. The molecule has 3 N–H and O–H groups in total. The van der Waals surface area contributed by atoms with E-state index in [-0.39, 0.29) is 29.6 Å². The van der Waals surface area contributed by atoms with Crippen LogP contribution in [0.5, 0.6) is 0 Å². The number of nitrogens with zero attached hydrogens (tertiary/aromatic N) is 1. The molecule has 2 aromatic carbocycles. The van der Waals surface area contributed by atoms with Crippen LogP contribution in [0, 0.1) is 5.41 Å². The van der Waals surface area contributed by atoms with Gasteiger partial charge in [0.2, 0.25) is 11.8 Å². The average Bonchev–Trinajstić information content (AvgIpc) is 2.64. The zero-order valence-electron chi connectivity index (χ0n) is 16.9. The second-order valence-corrected chi connectivity index (χ2v) is 8.72. The van der Waals surface area contributed by atoms with Gasteiger partial charge in [-0.3, -0.25) is 9.59 Å². The number of benzene rings is 2. The van der Waals surface area contributed by atoms with Crippen molar-refractivity contribution in [2.75, 3.05) is 10.2 Å². The number of fused-ring (bicyclic) bond motifs is 1. The number of nitrogens with two attached hydrogens (primary N) is 1. The fourth-order valence-corrected chi connectivity index (χ4v) is 3.32. The van der Waals surface area contributed by atoms with Crippen LogP contribution < -0.4 is 16.0 Å². The van der Waals surface area contributed by atoms with E-state index in [0.717, 1.165) is 16.8 Å². The molecule has 156 valence electrons. The van der Waals surface area contributed by atoms with Crippen LogP contribution in [0.3, 0.4) is 0 Å². The summed E-state index contributed by atoms with van der Waals surface area (Å²) in [7, 11) is 0. The van der Waals surface area contributed by atoms with Gasteiger partial charge in [-0.1, -0.05) is 44.5 Å². The SMILES string of the molecule is CC(C)(C)[C@H](N)C(=O)Nc1ccc2c(c1)CCC(=O)N2Cc1ccc(Cl)cc1.Cl. The number of halogens is 2. The van der Waals surface area contributed by atoms with Gasteiger partial charge in [-0.15, -0.1) is 12.4 Å². The minimum atomic E-state index is -0.605. The van der Waals surface area contributed by atoms with Crippen LogP contribution in [0.15, 0.2) is 42.5 Å². The van der Waals surface area contributed by atoms with Crippen molar-refractivity contribution in [2.24, 2.45) is 11.1 Å². The lowest BCUT2D eigenvalue weighted by atomic mass is 9.87. The molecule has 1 aliphatic heterocycles. The molecule has 0 fully saturated rings. The average molecular weight is 436 g/mol. The summed E-state index contributed by atoms with van der Waals surface area (Å²) >= 11 is 5.95. The molecular formula is C22H27Cl2N3O2.